The first-order valence-electron chi connectivity index (χ1n) is 7.02. The molecule has 1 saturated heterocycles. The number of nitrogens with one attached hydrogen (secondary N) is 1. The SMILES string of the molecule is CC1CCN(/C=C(/C#N)C(=O)Nc2ccccc2Cl)CC1. The van der Waals surface area contributed by atoms with E-state index in [-0.39, 0.29) is 5.57 Å². The molecule has 1 aromatic rings. The van der Waals surface area contributed by atoms with Crippen LogP contribution in [0.15, 0.2) is 36.0 Å². The van der Waals surface area contributed by atoms with E-state index in [0.29, 0.717) is 16.6 Å². The highest BCUT2D eigenvalue weighted by molar-refractivity contribution is 6.33. The van der Waals surface area contributed by atoms with Gasteiger partial charge in [-0.25, -0.2) is 0 Å². The Morgan fingerprint density at radius 3 is 2.71 bits per heavy atom. The van der Waals surface area contributed by atoms with Crippen LogP contribution in [0.5, 0.6) is 0 Å². The maximum Gasteiger partial charge on any atom is 0.267 e. The molecular formula is C16H18ClN3O. The molecule has 1 aromatic carbocycles. The molecule has 1 fully saturated rings. The van der Waals surface area contributed by atoms with Gasteiger partial charge >= 0.3 is 0 Å². The van der Waals surface area contributed by atoms with Gasteiger partial charge in [0.05, 0.1) is 10.7 Å². The molecule has 0 spiro atoms. The van der Waals surface area contributed by atoms with Crippen molar-refractivity contribution in [2.75, 3.05) is 18.4 Å². The zero-order valence-electron chi connectivity index (χ0n) is 12.0. The molecule has 4 nitrogen and oxygen atoms in total. The molecule has 1 aliphatic rings. The second-order valence-electron chi connectivity index (χ2n) is 5.31. The number of hydrogen-bond donors (Lipinski definition) is 1. The lowest BCUT2D eigenvalue weighted by atomic mass is 9.99. The van der Waals surface area contributed by atoms with E-state index in [9.17, 15) is 10.1 Å². The zero-order chi connectivity index (χ0) is 15.2. The number of nitrogens with zero attached hydrogens (tertiary/aromatic N) is 2. The van der Waals surface area contributed by atoms with Crippen molar-refractivity contribution in [3.8, 4) is 6.07 Å². The van der Waals surface area contributed by atoms with Crippen LogP contribution < -0.4 is 5.32 Å². The fourth-order valence-electron chi connectivity index (χ4n) is 2.23. The highest BCUT2D eigenvalue weighted by Gasteiger charge is 2.16. The van der Waals surface area contributed by atoms with Crippen LogP contribution in [-0.4, -0.2) is 23.9 Å². The van der Waals surface area contributed by atoms with Crippen LogP contribution in [0.4, 0.5) is 5.69 Å². The highest BCUT2D eigenvalue weighted by Crippen LogP contribution is 2.21. The Bertz CT molecular complexity index is 583. The maximum atomic E-state index is 12.1. The standard InChI is InChI=1S/C16H18ClN3O/c1-12-6-8-20(9-7-12)11-13(10-18)16(21)19-15-5-3-2-4-14(15)17/h2-5,11-12H,6-9H2,1H3,(H,19,21)/b13-11-. The first kappa shape index (κ1) is 15.4. The third kappa shape index (κ3) is 4.24. The van der Waals surface area contributed by atoms with Crippen LogP contribution in [0, 0.1) is 17.2 Å². The summed E-state index contributed by atoms with van der Waals surface area (Å²) in [5.74, 6) is 0.279. The summed E-state index contributed by atoms with van der Waals surface area (Å²) in [7, 11) is 0. The summed E-state index contributed by atoms with van der Waals surface area (Å²) in [5, 5.41) is 12.3. The summed E-state index contributed by atoms with van der Waals surface area (Å²) in [6.07, 6.45) is 3.82. The molecule has 0 aromatic heterocycles. The van der Waals surface area contributed by atoms with E-state index in [1.807, 2.05) is 11.0 Å². The van der Waals surface area contributed by atoms with Crippen LogP contribution in [0.1, 0.15) is 19.8 Å². The average molecular weight is 304 g/mol. The van der Waals surface area contributed by atoms with Crippen molar-refractivity contribution in [1.82, 2.24) is 4.90 Å². The largest absolute Gasteiger partial charge is 0.376 e. The monoisotopic (exact) mass is 303 g/mol. The van der Waals surface area contributed by atoms with Crippen molar-refractivity contribution < 1.29 is 4.79 Å². The van der Waals surface area contributed by atoms with Gasteiger partial charge in [0, 0.05) is 19.3 Å². The van der Waals surface area contributed by atoms with Crippen molar-refractivity contribution in [2.24, 2.45) is 5.92 Å². The average Bonchev–Trinajstić information content (AvgIpc) is 2.49. The Morgan fingerprint density at radius 1 is 1.43 bits per heavy atom. The highest BCUT2D eigenvalue weighted by atomic mass is 35.5. The third-order valence-corrected chi connectivity index (χ3v) is 3.95. The molecule has 0 atom stereocenters. The lowest BCUT2D eigenvalue weighted by Crippen LogP contribution is -2.29. The molecule has 1 N–H and O–H groups in total. The Labute approximate surface area is 130 Å². The van der Waals surface area contributed by atoms with Gasteiger partial charge in [-0.2, -0.15) is 5.26 Å². The smallest absolute Gasteiger partial charge is 0.267 e. The molecule has 0 radical (unpaired) electrons. The van der Waals surface area contributed by atoms with Crippen molar-refractivity contribution in [1.29, 1.82) is 5.26 Å². The number of hydrogen-bond acceptors (Lipinski definition) is 3. The van der Waals surface area contributed by atoms with E-state index in [4.69, 9.17) is 11.6 Å². The maximum absolute atomic E-state index is 12.1. The van der Waals surface area contributed by atoms with Gasteiger partial charge in [0.2, 0.25) is 0 Å². The predicted octanol–water partition coefficient (Wildman–Crippen LogP) is 3.42. The number of amides is 1. The summed E-state index contributed by atoms with van der Waals surface area (Å²) < 4.78 is 0. The molecule has 1 amide bonds. The molecule has 110 valence electrons. The van der Waals surface area contributed by atoms with Crippen molar-refractivity contribution in [2.45, 2.75) is 19.8 Å². The molecule has 1 heterocycles. The summed E-state index contributed by atoms with van der Waals surface area (Å²) in [5.41, 5.74) is 0.613. The lowest BCUT2D eigenvalue weighted by Gasteiger charge is -2.29. The first-order valence-corrected chi connectivity index (χ1v) is 7.40. The first-order chi connectivity index (χ1) is 10.1. The fourth-order valence-corrected chi connectivity index (χ4v) is 2.41. The van der Waals surface area contributed by atoms with Crippen molar-refractivity contribution in [3.05, 3.63) is 41.1 Å². The Hall–Kier alpha value is -1.99. The molecule has 5 heteroatoms. The van der Waals surface area contributed by atoms with Gasteiger partial charge in [-0.15, -0.1) is 0 Å². The molecule has 1 aliphatic heterocycles. The summed E-state index contributed by atoms with van der Waals surface area (Å²) in [6, 6.07) is 8.93. The minimum atomic E-state index is -0.427. The molecule has 21 heavy (non-hydrogen) atoms. The van der Waals surface area contributed by atoms with Crippen LogP contribution in [0.3, 0.4) is 0 Å². The minimum Gasteiger partial charge on any atom is -0.376 e. The fraction of sp³-hybridized carbons (Fsp3) is 0.375. The van der Waals surface area contributed by atoms with Gasteiger partial charge in [-0.3, -0.25) is 4.79 Å². The van der Waals surface area contributed by atoms with Gasteiger partial charge in [0.15, 0.2) is 0 Å². The zero-order valence-corrected chi connectivity index (χ0v) is 12.7. The quantitative estimate of drug-likeness (QED) is 0.687. The van der Waals surface area contributed by atoms with E-state index in [2.05, 4.69) is 12.2 Å². The topological polar surface area (TPSA) is 56.1 Å². The summed E-state index contributed by atoms with van der Waals surface area (Å²) >= 11 is 6.00. The Balaban J connectivity index is 2.05. The normalized spacial score (nSPS) is 16.4. The number of para-hydroxylation sites is 1. The third-order valence-electron chi connectivity index (χ3n) is 3.62. The predicted molar refractivity (Wildman–Crippen MR) is 83.7 cm³/mol. The van der Waals surface area contributed by atoms with Gasteiger partial charge in [-0.1, -0.05) is 30.7 Å². The number of halogens is 1. The molecule has 0 aliphatic carbocycles. The Morgan fingerprint density at radius 2 is 2.10 bits per heavy atom. The Kier molecular flexibility index (Phi) is 5.24. The van der Waals surface area contributed by atoms with E-state index in [1.165, 1.54) is 0 Å². The van der Waals surface area contributed by atoms with Gasteiger partial charge in [0.1, 0.15) is 11.6 Å². The van der Waals surface area contributed by atoms with Gasteiger partial charge < -0.3 is 10.2 Å². The van der Waals surface area contributed by atoms with E-state index in [0.717, 1.165) is 25.9 Å². The van der Waals surface area contributed by atoms with Crippen molar-refractivity contribution >= 4 is 23.2 Å². The molecule has 0 saturated carbocycles. The van der Waals surface area contributed by atoms with E-state index in [1.54, 1.807) is 30.5 Å². The summed E-state index contributed by atoms with van der Waals surface area (Å²) in [6.45, 7) is 3.98. The molecule has 0 unspecified atom stereocenters. The number of carbonyl (C=O) groups excluding carboxylic acids is 1. The van der Waals surface area contributed by atoms with Gasteiger partial charge in [0.25, 0.3) is 5.91 Å². The van der Waals surface area contributed by atoms with Crippen LogP contribution in [-0.2, 0) is 4.79 Å². The van der Waals surface area contributed by atoms with Gasteiger partial charge in [-0.05, 0) is 30.9 Å². The number of rotatable bonds is 3. The number of likely N-dealkylation sites (tertiary alicyclic amines) is 1. The second-order valence-corrected chi connectivity index (χ2v) is 5.71. The second kappa shape index (κ2) is 7.14. The molecule has 2 rings (SSSR count). The number of anilines is 1. The van der Waals surface area contributed by atoms with Crippen molar-refractivity contribution in [3.63, 3.8) is 0 Å². The van der Waals surface area contributed by atoms with E-state index < -0.39 is 5.91 Å². The number of piperidine rings is 1. The van der Waals surface area contributed by atoms with E-state index >= 15 is 0 Å². The lowest BCUT2D eigenvalue weighted by molar-refractivity contribution is -0.112. The van der Waals surface area contributed by atoms with Crippen LogP contribution >= 0.6 is 11.6 Å². The number of benzene rings is 1. The number of nitriles is 1. The van der Waals surface area contributed by atoms with Crippen LogP contribution in [0.2, 0.25) is 5.02 Å². The molecular weight excluding hydrogens is 286 g/mol. The van der Waals surface area contributed by atoms with Crippen LogP contribution in [0.25, 0.3) is 0 Å². The number of carbonyl (C=O) groups is 1. The molecule has 0 bridgehead atoms. The summed E-state index contributed by atoms with van der Waals surface area (Å²) in [4.78, 5) is 14.2. The minimum absolute atomic E-state index is 0.101.